The van der Waals surface area contributed by atoms with Crippen molar-refractivity contribution in [3.05, 3.63) is 57.9 Å². The van der Waals surface area contributed by atoms with Crippen LogP contribution < -0.4 is 14.9 Å². The van der Waals surface area contributed by atoms with Crippen LogP contribution in [0.25, 0.3) is 11.0 Å². The summed E-state index contributed by atoms with van der Waals surface area (Å²) in [7, 11) is 2.95. The zero-order chi connectivity index (χ0) is 18.0. The molecule has 0 saturated carbocycles. The number of ether oxygens (including phenoxy) is 2. The van der Waals surface area contributed by atoms with Crippen LogP contribution >= 0.6 is 0 Å². The van der Waals surface area contributed by atoms with Crippen molar-refractivity contribution in [3.8, 4) is 23.0 Å². The van der Waals surface area contributed by atoms with Crippen molar-refractivity contribution in [1.29, 1.82) is 0 Å². The van der Waals surface area contributed by atoms with Crippen LogP contribution in [0.5, 0.6) is 23.0 Å². The van der Waals surface area contributed by atoms with E-state index in [9.17, 15) is 15.0 Å². The fourth-order valence-electron chi connectivity index (χ4n) is 2.75. The molecule has 0 atom stereocenters. The molecule has 25 heavy (non-hydrogen) atoms. The minimum atomic E-state index is -0.328. The topological polar surface area (TPSA) is 89.1 Å². The van der Waals surface area contributed by atoms with Gasteiger partial charge >= 0.3 is 0 Å². The summed E-state index contributed by atoms with van der Waals surface area (Å²) in [5, 5.41) is 19.7. The molecule has 3 rings (SSSR count). The summed E-state index contributed by atoms with van der Waals surface area (Å²) < 4.78 is 16.0. The number of phenolic OH excluding ortho intramolecular Hbond substituents is 2. The molecule has 0 radical (unpaired) electrons. The van der Waals surface area contributed by atoms with E-state index in [4.69, 9.17) is 13.9 Å². The number of phenols is 2. The molecule has 0 saturated heterocycles. The van der Waals surface area contributed by atoms with Gasteiger partial charge in [-0.1, -0.05) is 6.07 Å². The highest BCUT2D eigenvalue weighted by Gasteiger charge is 2.14. The average molecular weight is 342 g/mol. The van der Waals surface area contributed by atoms with Crippen molar-refractivity contribution < 1.29 is 24.1 Å². The molecule has 0 unspecified atom stereocenters. The summed E-state index contributed by atoms with van der Waals surface area (Å²) in [5.41, 5.74) is 0.865. The van der Waals surface area contributed by atoms with Gasteiger partial charge in [-0.05, 0) is 30.2 Å². The second-order valence-corrected chi connectivity index (χ2v) is 5.56. The van der Waals surface area contributed by atoms with Crippen LogP contribution in [0.3, 0.4) is 0 Å². The summed E-state index contributed by atoms with van der Waals surface area (Å²) in [5.74, 6) is 1.20. The number of fused-ring (bicyclic) bond motifs is 1. The molecular formula is C19H18O6. The Balaban J connectivity index is 1.92. The predicted molar refractivity (Wildman–Crippen MR) is 92.8 cm³/mol. The lowest BCUT2D eigenvalue weighted by Crippen LogP contribution is -2.04. The first-order valence-corrected chi connectivity index (χ1v) is 7.72. The molecule has 0 fully saturated rings. The van der Waals surface area contributed by atoms with E-state index in [0.29, 0.717) is 29.9 Å². The van der Waals surface area contributed by atoms with E-state index < -0.39 is 0 Å². The molecule has 0 bridgehead atoms. The fraction of sp³-hybridized carbons (Fsp3) is 0.211. The molecule has 2 N–H and O–H groups in total. The van der Waals surface area contributed by atoms with Crippen LogP contribution in [0.4, 0.5) is 0 Å². The lowest BCUT2D eigenvalue weighted by atomic mass is 10.1. The molecule has 6 heteroatoms. The van der Waals surface area contributed by atoms with Crippen molar-refractivity contribution in [3.63, 3.8) is 0 Å². The summed E-state index contributed by atoms with van der Waals surface area (Å²) in [6.07, 6.45) is 1.04. The van der Waals surface area contributed by atoms with E-state index in [-0.39, 0.29) is 28.1 Å². The number of aryl methyl sites for hydroxylation is 2. The third kappa shape index (κ3) is 3.24. The fourth-order valence-corrected chi connectivity index (χ4v) is 2.75. The van der Waals surface area contributed by atoms with Crippen LogP contribution in [0.15, 0.2) is 45.6 Å². The number of hydrogen-bond acceptors (Lipinski definition) is 6. The Morgan fingerprint density at radius 3 is 2.44 bits per heavy atom. The molecule has 130 valence electrons. The smallest absolute Gasteiger partial charge is 0.196 e. The minimum absolute atomic E-state index is 0.102. The van der Waals surface area contributed by atoms with E-state index in [2.05, 4.69) is 0 Å². The lowest BCUT2D eigenvalue weighted by molar-refractivity contribution is 0.375. The third-order valence-electron chi connectivity index (χ3n) is 4.01. The Bertz CT molecular complexity index is 974. The van der Waals surface area contributed by atoms with Crippen LogP contribution in [-0.2, 0) is 12.8 Å². The number of benzene rings is 2. The van der Waals surface area contributed by atoms with E-state index >= 15 is 0 Å². The van der Waals surface area contributed by atoms with Gasteiger partial charge in [-0.15, -0.1) is 0 Å². The molecule has 0 aliphatic carbocycles. The summed E-state index contributed by atoms with van der Waals surface area (Å²) in [6, 6.07) is 9.40. The third-order valence-corrected chi connectivity index (χ3v) is 4.01. The van der Waals surface area contributed by atoms with Crippen LogP contribution in [0.1, 0.15) is 11.3 Å². The van der Waals surface area contributed by atoms with Gasteiger partial charge in [-0.2, -0.15) is 0 Å². The maximum Gasteiger partial charge on any atom is 0.196 e. The van der Waals surface area contributed by atoms with Crippen LogP contribution in [-0.4, -0.2) is 24.4 Å². The quantitative estimate of drug-likeness (QED) is 0.741. The first-order chi connectivity index (χ1) is 12.0. The van der Waals surface area contributed by atoms with Gasteiger partial charge in [-0.3, -0.25) is 4.79 Å². The van der Waals surface area contributed by atoms with Crippen molar-refractivity contribution >= 4 is 11.0 Å². The molecule has 2 aromatic carbocycles. The second-order valence-electron chi connectivity index (χ2n) is 5.56. The predicted octanol–water partition coefficient (Wildman–Crippen LogP) is 3.01. The van der Waals surface area contributed by atoms with Gasteiger partial charge < -0.3 is 24.1 Å². The van der Waals surface area contributed by atoms with Crippen LogP contribution in [0, 0.1) is 0 Å². The van der Waals surface area contributed by atoms with Gasteiger partial charge in [0.05, 0.1) is 14.2 Å². The Kier molecular flexibility index (Phi) is 4.52. The summed E-state index contributed by atoms with van der Waals surface area (Å²) >= 11 is 0. The summed E-state index contributed by atoms with van der Waals surface area (Å²) in [6.45, 7) is 0. The molecule has 6 nitrogen and oxygen atoms in total. The normalized spacial score (nSPS) is 10.8. The molecular weight excluding hydrogens is 324 g/mol. The van der Waals surface area contributed by atoms with Crippen molar-refractivity contribution in [2.75, 3.05) is 14.2 Å². The SMILES string of the molecule is COc1cc(O)ccc1CCc1cc(=O)c2c(O)c(OC)ccc2o1. The molecule has 0 spiro atoms. The Morgan fingerprint density at radius 2 is 1.72 bits per heavy atom. The maximum absolute atomic E-state index is 12.3. The Labute approximate surface area is 143 Å². The van der Waals surface area contributed by atoms with Gasteiger partial charge in [0.25, 0.3) is 0 Å². The van der Waals surface area contributed by atoms with Crippen molar-refractivity contribution in [2.45, 2.75) is 12.8 Å². The Morgan fingerprint density at radius 1 is 0.960 bits per heavy atom. The molecule has 0 aliphatic rings. The van der Waals surface area contributed by atoms with Gasteiger partial charge in [0.1, 0.15) is 28.2 Å². The maximum atomic E-state index is 12.3. The molecule has 0 aliphatic heterocycles. The minimum Gasteiger partial charge on any atom is -0.508 e. The number of methoxy groups -OCH3 is 2. The van der Waals surface area contributed by atoms with Crippen molar-refractivity contribution in [1.82, 2.24) is 0 Å². The molecule has 0 amide bonds. The number of rotatable bonds is 5. The lowest BCUT2D eigenvalue weighted by Gasteiger charge is -2.10. The largest absolute Gasteiger partial charge is 0.508 e. The highest BCUT2D eigenvalue weighted by Crippen LogP contribution is 2.32. The van der Waals surface area contributed by atoms with Gasteiger partial charge in [0.15, 0.2) is 16.9 Å². The summed E-state index contributed by atoms with van der Waals surface area (Å²) in [4.78, 5) is 12.3. The average Bonchev–Trinajstić information content (AvgIpc) is 2.60. The Hall–Kier alpha value is -3.15. The zero-order valence-electron chi connectivity index (χ0n) is 13.9. The van der Waals surface area contributed by atoms with E-state index in [0.717, 1.165) is 5.56 Å². The molecule has 3 aromatic rings. The monoisotopic (exact) mass is 342 g/mol. The van der Waals surface area contributed by atoms with Gasteiger partial charge in [0.2, 0.25) is 0 Å². The van der Waals surface area contributed by atoms with E-state index in [1.165, 1.54) is 26.4 Å². The van der Waals surface area contributed by atoms with E-state index in [1.54, 1.807) is 24.3 Å². The van der Waals surface area contributed by atoms with Gasteiger partial charge in [-0.25, -0.2) is 0 Å². The molecule has 1 heterocycles. The molecule has 1 aromatic heterocycles. The van der Waals surface area contributed by atoms with Crippen LogP contribution in [0.2, 0.25) is 0 Å². The van der Waals surface area contributed by atoms with E-state index in [1.807, 2.05) is 0 Å². The number of hydrogen-bond donors (Lipinski definition) is 2. The van der Waals surface area contributed by atoms with Crippen molar-refractivity contribution in [2.24, 2.45) is 0 Å². The second kappa shape index (κ2) is 6.76. The first-order valence-electron chi connectivity index (χ1n) is 7.72. The highest BCUT2D eigenvalue weighted by molar-refractivity contribution is 5.85. The highest BCUT2D eigenvalue weighted by atomic mass is 16.5. The standard InChI is InChI=1S/C19H18O6/c1-23-16-8-7-15-18(19(16)22)14(21)10-13(25-15)6-4-11-3-5-12(20)9-17(11)24-2/h3,5,7-10,20,22H,4,6H2,1-2H3. The number of aromatic hydroxyl groups is 2. The first kappa shape index (κ1) is 16.7. The van der Waals surface area contributed by atoms with Gasteiger partial charge in [0, 0.05) is 18.6 Å². The zero-order valence-corrected chi connectivity index (χ0v) is 13.9.